The summed E-state index contributed by atoms with van der Waals surface area (Å²) in [6, 6.07) is 3.37. The first-order valence-corrected chi connectivity index (χ1v) is 12.0. The van der Waals surface area contributed by atoms with Crippen LogP contribution in [0.25, 0.3) is 0 Å². The lowest BCUT2D eigenvalue weighted by Crippen LogP contribution is -2.41. The molecule has 0 atom stereocenters. The van der Waals surface area contributed by atoms with Crippen molar-refractivity contribution in [2.24, 2.45) is 10.9 Å². The maximum absolute atomic E-state index is 12.7. The van der Waals surface area contributed by atoms with Gasteiger partial charge in [-0.15, -0.1) is 0 Å². The number of carbonyl (C=O) groups is 1. The van der Waals surface area contributed by atoms with Gasteiger partial charge in [-0.2, -0.15) is 5.26 Å². The van der Waals surface area contributed by atoms with Crippen LogP contribution in [0.4, 0.5) is 5.69 Å². The summed E-state index contributed by atoms with van der Waals surface area (Å²) in [4.78, 5) is 23.6. The molecule has 0 saturated carbocycles. The monoisotopic (exact) mass is 492 g/mol. The van der Waals surface area contributed by atoms with Crippen molar-refractivity contribution >= 4 is 17.5 Å². The Bertz CT molecular complexity index is 1080. The number of hydrogen-bond acceptors (Lipinski definition) is 8. The van der Waals surface area contributed by atoms with Gasteiger partial charge in [0.25, 0.3) is 5.91 Å². The number of nitrogens with one attached hydrogen (secondary N) is 1. The topological polar surface area (TPSA) is 126 Å². The van der Waals surface area contributed by atoms with Crippen molar-refractivity contribution in [1.82, 2.24) is 15.2 Å². The van der Waals surface area contributed by atoms with Crippen LogP contribution in [0, 0.1) is 17.2 Å². The number of likely N-dealkylation sites (tertiary alicyclic amines) is 1. The van der Waals surface area contributed by atoms with Gasteiger partial charge in [-0.05, 0) is 57.3 Å². The predicted octanol–water partition coefficient (Wildman–Crippen LogP) is 3.62. The standard InChI is InChI=1S/C27H36N6O3/c1-6-8-9-10-19(3)20(4)31-25(35-5)18-33-13-11-21(12-14-33)17-30-26(34)24-15-23(29)22(16-28)27(32-24)36-7-2/h6,8-10,15,21H,3-4,7,11-14,17-18H2,1-2,5H3,(H2,29,32)(H,30,34)/b8-6-,10-9-,31-25?. The van der Waals surface area contributed by atoms with Crippen LogP contribution in [-0.2, 0) is 4.74 Å². The van der Waals surface area contributed by atoms with E-state index in [0.717, 1.165) is 31.5 Å². The number of amides is 1. The molecule has 36 heavy (non-hydrogen) atoms. The second kappa shape index (κ2) is 14.5. The van der Waals surface area contributed by atoms with Crippen LogP contribution in [-0.4, -0.2) is 61.6 Å². The third-order valence-corrected chi connectivity index (χ3v) is 5.73. The van der Waals surface area contributed by atoms with Crippen molar-refractivity contribution < 1.29 is 14.3 Å². The number of rotatable bonds is 11. The fourth-order valence-electron chi connectivity index (χ4n) is 3.62. The molecule has 0 unspecified atom stereocenters. The van der Waals surface area contributed by atoms with Crippen molar-refractivity contribution in [3.8, 4) is 11.9 Å². The lowest BCUT2D eigenvalue weighted by molar-refractivity contribution is 0.0931. The Kier molecular flexibility index (Phi) is 11.4. The lowest BCUT2D eigenvalue weighted by atomic mass is 9.96. The number of nitrogen functional groups attached to an aromatic ring is 1. The van der Waals surface area contributed by atoms with Crippen LogP contribution in [0.1, 0.15) is 42.7 Å². The molecule has 1 amide bonds. The molecule has 192 valence electrons. The van der Waals surface area contributed by atoms with E-state index in [-0.39, 0.29) is 28.7 Å². The number of aromatic nitrogens is 1. The third kappa shape index (κ3) is 8.40. The Labute approximate surface area is 213 Å². The quantitative estimate of drug-likeness (QED) is 0.274. The maximum Gasteiger partial charge on any atom is 0.270 e. The highest BCUT2D eigenvalue weighted by Gasteiger charge is 2.22. The van der Waals surface area contributed by atoms with Gasteiger partial charge in [-0.1, -0.05) is 37.5 Å². The normalized spacial score (nSPS) is 15.1. The molecular weight excluding hydrogens is 456 g/mol. The molecule has 1 fully saturated rings. The van der Waals surface area contributed by atoms with Crippen LogP contribution in [0.15, 0.2) is 59.8 Å². The molecule has 1 aromatic rings. The van der Waals surface area contributed by atoms with E-state index in [9.17, 15) is 10.1 Å². The molecule has 3 N–H and O–H groups in total. The van der Waals surface area contributed by atoms with Gasteiger partial charge in [0.1, 0.15) is 17.3 Å². The Hall–Kier alpha value is -3.90. The SMILES string of the molecule is C=C(/C=C\C=C/C)C(=C)N=C(CN1CCC(CNC(=O)c2cc(N)c(C#N)c(OCC)n2)CC1)OC. The van der Waals surface area contributed by atoms with Crippen molar-refractivity contribution in [3.63, 3.8) is 0 Å². The van der Waals surface area contributed by atoms with Gasteiger partial charge in [-0.25, -0.2) is 9.98 Å². The molecule has 0 radical (unpaired) electrons. The average Bonchev–Trinajstić information content (AvgIpc) is 2.87. The van der Waals surface area contributed by atoms with Gasteiger partial charge in [0, 0.05) is 6.54 Å². The van der Waals surface area contributed by atoms with E-state index in [1.54, 1.807) is 14.0 Å². The van der Waals surface area contributed by atoms with Crippen molar-refractivity contribution in [1.29, 1.82) is 5.26 Å². The van der Waals surface area contributed by atoms with Crippen LogP contribution in [0.2, 0.25) is 0 Å². The molecule has 9 heteroatoms. The molecule has 0 bridgehead atoms. The number of nitrogens with zero attached hydrogens (tertiary/aromatic N) is 4. The van der Waals surface area contributed by atoms with Gasteiger partial charge in [0.05, 0.1) is 31.6 Å². The Morgan fingerprint density at radius 2 is 2.11 bits per heavy atom. The molecule has 0 spiro atoms. The summed E-state index contributed by atoms with van der Waals surface area (Å²) in [6.07, 6.45) is 9.44. The minimum atomic E-state index is -0.342. The first-order valence-electron chi connectivity index (χ1n) is 12.0. The average molecular weight is 493 g/mol. The zero-order chi connectivity index (χ0) is 26.5. The van der Waals surface area contributed by atoms with E-state index in [1.165, 1.54) is 6.07 Å². The summed E-state index contributed by atoms with van der Waals surface area (Å²) in [5, 5.41) is 12.2. The fourth-order valence-corrected chi connectivity index (χ4v) is 3.62. The zero-order valence-electron chi connectivity index (χ0n) is 21.4. The van der Waals surface area contributed by atoms with E-state index in [4.69, 9.17) is 15.2 Å². The molecule has 2 rings (SSSR count). The molecule has 0 aromatic carbocycles. The van der Waals surface area contributed by atoms with Gasteiger partial charge in [0.15, 0.2) is 0 Å². The number of allylic oxidation sites excluding steroid dienone is 4. The van der Waals surface area contributed by atoms with E-state index in [0.29, 0.717) is 37.2 Å². The number of piperidine rings is 1. The Morgan fingerprint density at radius 3 is 2.72 bits per heavy atom. The van der Waals surface area contributed by atoms with Gasteiger partial charge in [-0.3, -0.25) is 9.69 Å². The highest BCUT2D eigenvalue weighted by Crippen LogP contribution is 2.23. The molecular formula is C27H36N6O3. The number of hydrogen-bond donors (Lipinski definition) is 2. The molecule has 0 aliphatic carbocycles. The number of pyridine rings is 1. The minimum Gasteiger partial charge on any atom is -0.483 e. The fraction of sp³-hybridized carbons (Fsp3) is 0.407. The van der Waals surface area contributed by atoms with Gasteiger partial charge >= 0.3 is 0 Å². The molecule has 1 aliphatic heterocycles. The third-order valence-electron chi connectivity index (χ3n) is 5.73. The highest BCUT2D eigenvalue weighted by atomic mass is 16.5. The molecule has 1 aromatic heterocycles. The first kappa shape index (κ1) is 28.3. The second-order valence-corrected chi connectivity index (χ2v) is 8.32. The maximum atomic E-state index is 12.7. The number of aliphatic imine (C=N–C) groups is 1. The van der Waals surface area contributed by atoms with E-state index in [2.05, 4.69) is 33.4 Å². The predicted molar refractivity (Wildman–Crippen MR) is 143 cm³/mol. The number of carbonyl (C=O) groups excluding carboxylic acids is 1. The summed E-state index contributed by atoms with van der Waals surface area (Å²) in [7, 11) is 1.60. The second-order valence-electron chi connectivity index (χ2n) is 8.32. The first-order chi connectivity index (χ1) is 17.3. The van der Waals surface area contributed by atoms with Crippen LogP contribution in [0.3, 0.4) is 0 Å². The highest BCUT2D eigenvalue weighted by molar-refractivity contribution is 5.93. The largest absolute Gasteiger partial charge is 0.483 e. The summed E-state index contributed by atoms with van der Waals surface area (Å²) < 4.78 is 10.8. The van der Waals surface area contributed by atoms with Gasteiger partial charge < -0.3 is 20.5 Å². The smallest absolute Gasteiger partial charge is 0.270 e. The summed E-state index contributed by atoms with van der Waals surface area (Å²) in [6.45, 7) is 14.8. The number of methoxy groups -OCH3 is 1. The van der Waals surface area contributed by atoms with E-state index < -0.39 is 0 Å². The number of anilines is 1. The van der Waals surface area contributed by atoms with E-state index in [1.807, 2.05) is 37.3 Å². The number of nitriles is 1. The van der Waals surface area contributed by atoms with Crippen molar-refractivity contribution in [2.75, 3.05) is 45.6 Å². The molecule has 1 aliphatic rings. The summed E-state index contributed by atoms with van der Waals surface area (Å²) in [5.41, 5.74) is 7.65. The molecule has 9 nitrogen and oxygen atoms in total. The van der Waals surface area contributed by atoms with Crippen LogP contribution >= 0.6 is 0 Å². The Balaban J connectivity index is 1.87. The van der Waals surface area contributed by atoms with Gasteiger partial charge in [0.2, 0.25) is 11.8 Å². The number of ether oxygens (including phenoxy) is 2. The van der Waals surface area contributed by atoms with Crippen molar-refractivity contribution in [3.05, 3.63) is 66.1 Å². The zero-order valence-corrected chi connectivity index (χ0v) is 21.4. The van der Waals surface area contributed by atoms with E-state index >= 15 is 0 Å². The Morgan fingerprint density at radius 1 is 1.39 bits per heavy atom. The van der Waals surface area contributed by atoms with Crippen LogP contribution < -0.4 is 15.8 Å². The molecule has 1 saturated heterocycles. The summed E-state index contributed by atoms with van der Waals surface area (Å²) in [5.74, 6) is 0.656. The minimum absolute atomic E-state index is 0.0779. The number of nitrogens with two attached hydrogens (primary N) is 1. The molecule has 2 heterocycles. The van der Waals surface area contributed by atoms with Crippen molar-refractivity contribution in [2.45, 2.75) is 26.7 Å². The lowest BCUT2D eigenvalue weighted by Gasteiger charge is -2.31. The summed E-state index contributed by atoms with van der Waals surface area (Å²) >= 11 is 0. The van der Waals surface area contributed by atoms with Crippen LogP contribution in [0.5, 0.6) is 5.88 Å².